The number of halogens is 2. The Morgan fingerprint density at radius 2 is 1.65 bits per heavy atom. The van der Waals surface area contributed by atoms with E-state index in [1.165, 1.54) is 36.4 Å². The molecule has 6 nitrogen and oxygen atoms in total. The van der Waals surface area contributed by atoms with Crippen molar-refractivity contribution in [3.05, 3.63) is 83.9 Å². The third-order valence-corrected chi connectivity index (χ3v) is 6.45. The van der Waals surface area contributed by atoms with Crippen LogP contribution in [-0.4, -0.2) is 56.3 Å². The SMILES string of the molecule is CC[N+](C)(CC)CCCOC(=O)COc1cccc(NC(=O)c2cc(-c3cccc(F)c3)ccc2F)c1. The van der Waals surface area contributed by atoms with E-state index in [4.69, 9.17) is 9.47 Å². The maximum absolute atomic E-state index is 14.4. The lowest BCUT2D eigenvalue weighted by molar-refractivity contribution is -0.906. The van der Waals surface area contributed by atoms with Crippen molar-refractivity contribution in [3.63, 3.8) is 0 Å². The molecule has 0 bridgehead atoms. The minimum Gasteiger partial charge on any atom is -0.482 e. The molecule has 0 atom stereocenters. The maximum atomic E-state index is 14.4. The third-order valence-electron chi connectivity index (χ3n) is 6.45. The Morgan fingerprint density at radius 1 is 0.919 bits per heavy atom. The van der Waals surface area contributed by atoms with E-state index in [0.29, 0.717) is 29.2 Å². The van der Waals surface area contributed by atoms with E-state index in [1.54, 1.807) is 30.3 Å². The third kappa shape index (κ3) is 8.11. The Morgan fingerprint density at radius 3 is 2.38 bits per heavy atom. The van der Waals surface area contributed by atoms with Crippen molar-refractivity contribution in [1.82, 2.24) is 0 Å². The molecule has 8 heteroatoms. The van der Waals surface area contributed by atoms with E-state index in [1.807, 2.05) is 0 Å². The summed E-state index contributed by atoms with van der Waals surface area (Å²) in [5.41, 5.74) is 1.22. The van der Waals surface area contributed by atoms with Crippen molar-refractivity contribution in [2.75, 3.05) is 45.2 Å². The first-order valence-corrected chi connectivity index (χ1v) is 12.3. The van der Waals surface area contributed by atoms with Gasteiger partial charge in [0.05, 0.1) is 38.9 Å². The van der Waals surface area contributed by atoms with Crippen molar-refractivity contribution >= 4 is 17.6 Å². The van der Waals surface area contributed by atoms with Gasteiger partial charge in [0, 0.05) is 18.2 Å². The average Bonchev–Trinajstić information content (AvgIpc) is 2.90. The fourth-order valence-electron chi connectivity index (χ4n) is 3.76. The van der Waals surface area contributed by atoms with Crippen molar-refractivity contribution in [2.24, 2.45) is 0 Å². The molecule has 3 rings (SSSR count). The van der Waals surface area contributed by atoms with Gasteiger partial charge in [-0.2, -0.15) is 0 Å². The molecule has 3 aromatic rings. The number of amides is 1. The number of carbonyl (C=O) groups excluding carboxylic acids is 2. The minimum absolute atomic E-state index is 0.183. The highest BCUT2D eigenvalue weighted by Gasteiger charge is 2.17. The average molecular weight is 512 g/mol. The fourth-order valence-corrected chi connectivity index (χ4v) is 3.76. The van der Waals surface area contributed by atoms with Crippen LogP contribution >= 0.6 is 0 Å². The van der Waals surface area contributed by atoms with E-state index < -0.39 is 23.5 Å². The van der Waals surface area contributed by atoms with Gasteiger partial charge in [0.15, 0.2) is 6.61 Å². The Labute approximate surface area is 216 Å². The number of nitrogens with one attached hydrogen (secondary N) is 1. The molecule has 0 radical (unpaired) electrons. The van der Waals surface area contributed by atoms with Crippen LogP contribution in [-0.2, 0) is 9.53 Å². The van der Waals surface area contributed by atoms with Crippen molar-refractivity contribution in [3.8, 4) is 16.9 Å². The topological polar surface area (TPSA) is 64.6 Å². The minimum atomic E-state index is -0.704. The number of nitrogens with zero attached hydrogens (tertiary/aromatic N) is 1. The summed E-state index contributed by atoms with van der Waals surface area (Å²) in [6.45, 7) is 7.30. The number of quaternary nitrogens is 1. The molecule has 37 heavy (non-hydrogen) atoms. The molecule has 0 saturated carbocycles. The standard InChI is InChI=1S/C29H32F2N2O4/c1-4-33(3,5-2)15-8-16-36-28(34)20-37-25-12-7-11-24(19-25)32-29(35)26-18-22(13-14-27(26)31)21-9-6-10-23(30)17-21/h6-7,9-14,17-19H,4-5,8,15-16,20H2,1-3H3/p+1. The van der Waals surface area contributed by atoms with Gasteiger partial charge in [0.1, 0.15) is 17.4 Å². The molecule has 1 N–H and O–H groups in total. The Bertz CT molecular complexity index is 1230. The number of benzene rings is 3. The van der Waals surface area contributed by atoms with E-state index in [9.17, 15) is 18.4 Å². The van der Waals surface area contributed by atoms with Crippen LogP contribution in [0.5, 0.6) is 5.75 Å². The van der Waals surface area contributed by atoms with Crippen LogP contribution < -0.4 is 10.1 Å². The van der Waals surface area contributed by atoms with Crippen LogP contribution in [0, 0.1) is 11.6 Å². The Kier molecular flexibility index (Phi) is 9.74. The first-order valence-electron chi connectivity index (χ1n) is 12.3. The number of anilines is 1. The van der Waals surface area contributed by atoms with Gasteiger partial charge in [-0.15, -0.1) is 0 Å². The zero-order chi connectivity index (χ0) is 26.8. The maximum Gasteiger partial charge on any atom is 0.344 e. The normalized spacial score (nSPS) is 11.2. The van der Waals surface area contributed by atoms with Gasteiger partial charge in [0.25, 0.3) is 5.91 Å². The van der Waals surface area contributed by atoms with Gasteiger partial charge < -0.3 is 19.3 Å². The number of rotatable bonds is 12. The summed E-state index contributed by atoms with van der Waals surface area (Å²) in [6.07, 6.45) is 0.766. The van der Waals surface area contributed by atoms with Gasteiger partial charge in [-0.05, 0) is 61.4 Å². The van der Waals surface area contributed by atoms with Crippen molar-refractivity contribution in [1.29, 1.82) is 0 Å². The van der Waals surface area contributed by atoms with Crippen LogP contribution in [0.25, 0.3) is 11.1 Å². The molecule has 0 aliphatic heterocycles. The van der Waals surface area contributed by atoms with E-state index in [0.717, 1.165) is 30.5 Å². The molecule has 1 amide bonds. The molecule has 0 heterocycles. The number of hydrogen-bond acceptors (Lipinski definition) is 4. The second-order valence-electron chi connectivity index (χ2n) is 9.03. The van der Waals surface area contributed by atoms with Gasteiger partial charge in [0.2, 0.25) is 0 Å². The first-order chi connectivity index (χ1) is 17.7. The zero-order valence-electron chi connectivity index (χ0n) is 21.4. The van der Waals surface area contributed by atoms with Gasteiger partial charge in [-0.25, -0.2) is 13.6 Å². The molecular formula is C29H33F2N2O4+. The molecule has 3 aromatic carbocycles. The van der Waals surface area contributed by atoms with E-state index >= 15 is 0 Å². The monoisotopic (exact) mass is 511 g/mol. The van der Waals surface area contributed by atoms with Crippen LogP contribution in [0.4, 0.5) is 14.5 Å². The van der Waals surface area contributed by atoms with Crippen molar-refractivity contribution in [2.45, 2.75) is 20.3 Å². The quantitative estimate of drug-likeness (QED) is 0.193. The molecule has 0 unspecified atom stereocenters. The fraction of sp³-hybridized carbons (Fsp3) is 0.310. The summed E-state index contributed by atoms with van der Waals surface area (Å²) in [5, 5.41) is 2.63. The second kappa shape index (κ2) is 13.0. The summed E-state index contributed by atoms with van der Waals surface area (Å²) in [5.74, 6) is -1.93. The number of ether oxygens (including phenoxy) is 2. The highest BCUT2D eigenvalue weighted by molar-refractivity contribution is 6.05. The lowest BCUT2D eigenvalue weighted by Gasteiger charge is -2.31. The molecular weight excluding hydrogens is 478 g/mol. The van der Waals surface area contributed by atoms with E-state index in [2.05, 4.69) is 26.2 Å². The molecule has 0 aliphatic carbocycles. The highest BCUT2D eigenvalue weighted by atomic mass is 19.1. The zero-order valence-corrected chi connectivity index (χ0v) is 21.4. The molecule has 0 aliphatic rings. The molecule has 0 spiro atoms. The van der Waals surface area contributed by atoms with Crippen LogP contribution in [0.3, 0.4) is 0 Å². The summed E-state index contributed by atoms with van der Waals surface area (Å²) < 4.78 is 39.7. The largest absolute Gasteiger partial charge is 0.482 e. The highest BCUT2D eigenvalue weighted by Crippen LogP contribution is 2.24. The molecule has 196 valence electrons. The predicted octanol–water partition coefficient (Wildman–Crippen LogP) is 5.68. The number of carbonyl (C=O) groups is 2. The smallest absolute Gasteiger partial charge is 0.344 e. The Balaban J connectivity index is 1.55. The lowest BCUT2D eigenvalue weighted by Crippen LogP contribution is -2.44. The van der Waals surface area contributed by atoms with Gasteiger partial charge in [-0.1, -0.05) is 24.3 Å². The first kappa shape index (κ1) is 27.8. The van der Waals surface area contributed by atoms with Gasteiger partial charge >= 0.3 is 5.97 Å². The summed E-state index contributed by atoms with van der Waals surface area (Å²) in [4.78, 5) is 24.8. The van der Waals surface area contributed by atoms with E-state index in [-0.39, 0.29) is 12.2 Å². The molecule has 0 saturated heterocycles. The van der Waals surface area contributed by atoms with Crippen molar-refractivity contribution < 1.29 is 32.3 Å². The molecule has 0 fully saturated rings. The second-order valence-corrected chi connectivity index (χ2v) is 9.03. The van der Waals surface area contributed by atoms with Crippen LogP contribution in [0.2, 0.25) is 0 Å². The Hall–Kier alpha value is -3.78. The number of hydrogen-bond donors (Lipinski definition) is 1. The van der Waals surface area contributed by atoms with Crippen LogP contribution in [0.15, 0.2) is 66.7 Å². The lowest BCUT2D eigenvalue weighted by atomic mass is 10.0. The predicted molar refractivity (Wildman–Crippen MR) is 139 cm³/mol. The van der Waals surface area contributed by atoms with Gasteiger partial charge in [-0.3, -0.25) is 4.79 Å². The summed E-state index contributed by atoms with van der Waals surface area (Å²) in [7, 11) is 2.17. The number of esters is 1. The summed E-state index contributed by atoms with van der Waals surface area (Å²) >= 11 is 0. The summed E-state index contributed by atoms with van der Waals surface area (Å²) in [6, 6.07) is 16.3. The van der Waals surface area contributed by atoms with Crippen LogP contribution in [0.1, 0.15) is 30.6 Å². The molecule has 0 aromatic heterocycles.